The monoisotopic (exact) mass is 252 g/mol. The van der Waals surface area contributed by atoms with Crippen molar-refractivity contribution in [3.63, 3.8) is 0 Å². The van der Waals surface area contributed by atoms with Crippen LogP contribution in [0.5, 0.6) is 0 Å². The van der Waals surface area contributed by atoms with E-state index >= 15 is 0 Å². The Bertz CT molecular complexity index is 359. The van der Waals surface area contributed by atoms with E-state index in [-0.39, 0.29) is 0 Å². The van der Waals surface area contributed by atoms with Gasteiger partial charge in [-0.05, 0) is 51.9 Å². The average molecular weight is 252 g/mol. The van der Waals surface area contributed by atoms with Crippen LogP contribution in [0.3, 0.4) is 0 Å². The number of thiophene rings is 1. The van der Waals surface area contributed by atoms with E-state index in [4.69, 9.17) is 0 Å². The third-order valence-electron chi connectivity index (χ3n) is 3.74. The molecule has 1 aliphatic rings. The van der Waals surface area contributed by atoms with E-state index in [0.29, 0.717) is 0 Å². The highest BCUT2D eigenvalue weighted by Crippen LogP contribution is 2.25. The number of hydrogen-bond acceptors (Lipinski definition) is 3. The van der Waals surface area contributed by atoms with Crippen LogP contribution in [-0.4, -0.2) is 24.5 Å². The van der Waals surface area contributed by atoms with Crippen molar-refractivity contribution in [1.29, 1.82) is 0 Å². The molecule has 1 aromatic rings. The van der Waals surface area contributed by atoms with E-state index < -0.39 is 0 Å². The SMILES string of the molecule is CNCc1cc(CN2CCCCC2C)c(C)s1. The molecular formula is C14H24N2S. The maximum atomic E-state index is 3.23. The van der Waals surface area contributed by atoms with Crippen LogP contribution < -0.4 is 5.32 Å². The number of hydrogen-bond donors (Lipinski definition) is 1. The zero-order chi connectivity index (χ0) is 12.3. The summed E-state index contributed by atoms with van der Waals surface area (Å²) in [4.78, 5) is 5.60. The van der Waals surface area contributed by atoms with Crippen LogP contribution in [0.25, 0.3) is 0 Å². The lowest BCUT2D eigenvalue weighted by atomic mass is 10.0. The molecule has 0 aliphatic carbocycles. The topological polar surface area (TPSA) is 15.3 Å². The molecule has 0 bridgehead atoms. The fraction of sp³-hybridized carbons (Fsp3) is 0.714. The molecule has 1 aromatic heterocycles. The van der Waals surface area contributed by atoms with E-state index in [0.717, 1.165) is 19.1 Å². The van der Waals surface area contributed by atoms with Gasteiger partial charge in [0.2, 0.25) is 0 Å². The molecule has 2 rings (SSSR count). The Morgan fingerprint density at radius 1 is 1.47 bits per heavy atom. The van der Waals surface area contributed by atoms with Crippen LogP contribution in [0.4, 0.5) is 0 Å². The highest BCUT2D eigenvalue weighted by molar-refractivity contribution is 7.12. The van der Waals surface area contributed by atoms with Crippen molar-refractivity contribution in [2.24, 2.45) is 0 Å². The number of rotatable bonds is 4. The third kappa shape index (κ3) is 3.30. The second-order valence-corrected chi connectivity index (χ2v) is 6.48. The van der Waals surface area contributed by atoms with E-state index in [9.17, 15) is 0 Å². The summed E-state index contributed by atoms with van der Waals surface area (Å²) in [6.07, 6.45) is 4.15. The first kappa shape index (κ1) is 13.1. The van der Waals surface area contributed by atoms with E-state index in [1.54, 1.807) is 0 Å². The standard InChI is InChI=1S/C14H24N2S/c1-11-6-4-5-7-16(11)10-13-8-14(9-15-3)17-12(13)2/h8,11,15H,4-7,9-10H2,1-3H3. The van der Waals surface area contributed by atoms with Gasteiger partial charge in [-0.15, -0.1) is 11.3 Å². The molecule has 1 aliphatic heterocycles. The molecule has 3 heteroatoms. The van der Waals surface area contributed by atoms with Crippen molar-refractivity contribution in [2.45, 2.75) is 52.2 Å². The molecule has 2 nitrogen and oxygen atoms in total. The molecule has 17 heavy (non-hydrogen) atoms. The molecule has 2 heterocycles. The fourth-order valence-corrected chi connectivity index (χ4v) is 3.68. The molecule has 1 N–H and O–H groups in total. The largest absolute Gasteiger partial charge is 0.315 e. The van der Waals surface area contributed by atoms with Crippen molar-refractivity contribution in [3.8, 4) is 0 Å². The molecule has 1 saturated heterocycles. The van der Waals surface area contributed by atoms with Gasteiger partial charge in [0, 0.05) is 28.9 Å². The van der Waals surface area contributed by atoms with Crippen LogP contribution in [0.15, 0.2) is 6.07 Å². The van der Waals surface area contributed by atoms with E-state index in [2.05, 4.69) is 30.1 Å². The minimum absolute atomic E-state index is 0.760. The van der Waals surface area contributed by atoms with Gasteiger partial charge in [0.15, 0.2) is 0 Å². The predicted octanol–water partition coefficient (Wildman–Crippen LogP) is 3.15. The lowest BCUT2D eigenvalue weighted by Crippen LogP contribution is -2.36. The van der Waals surface area contributed by atoms with Gasteiger partial charge in [0.1, 0.15) is 0 Å². The van der Waals surface area contributed by atoms with Gasteiger partial charge in [-0.3, -0.25) is 4.90 Å². The van der Waals surface area contributed by atoms with E-state index in [1.807, 2.05) is 18.4 Å². The molecule has 0 radical (unpaired) electrons. The van der Waals surface area contributed by atoms with Crippen molar-refractivity contribution in [1.82, 2.24) is 10.2 Å². The van der Waals surface area contributed by atoms with Gasteiger partial charge in [-0.2, -0.15) is 0 Å². The predicted molar refractivity (Wildman–Crippen MR) is 75.5 cm³/mol. The lowest BCUT2D eigenvalue weighted by Gasteiger charge is -2.33. The summed E-state index contributed by atoms with van der Waals surface area (Å²) in [6.45, 7) is 8.05. The quantitative estimate of drug-likeness (QED) is 0.885. The highest BCUT2D eigenvalue weighted by atomic mass is 32.1. The summed E-state index contributed by atoms with van der Waals surface area (Å²) in [5, 5.41) is 3.23. The number of likely N-dealkylation sites (tertiary alicyclic amines) is 1. The zero-order valence-corrected chi connectivity index (χ0v) is 12.1. The molecular weight excluding hydrogens is 228 g/mol. The van der Waals surface area contributed by atoms with Gasteiger partial charge >= 0.3 is 0 Å². The first-order valence-corrected chi connectivity index (χ1v) is 7.49. The molecule has 0 amide bonds. The van der Waals surface area contributed by atoms with Crippen LogP contribution in [-0.2, 0) is 13.1 Å². The smallest absolute Gasteiger partial charge is 0.0296 e. The molecule has 96 valence electrons. The van der Waals surface area contributed by atoms with Crippen LogP contribution >= 0.6 is 11.3 Å². The Labute approximate surface area is 109 Å². The summed E-state index contributed by atoms with van der Waals surface area (Å²) in [6, 6.07) is 3.15. The summed E-state index contributed by atoms with van der Waals surface area (Å²) >= 11 is 1.94. The maximum Gasteiger partial charge on any atom is 0.0296 e. The second-order valence-electron chi connectivity index (χ2n) is 5.14. The van der Waals surface area contributed by atoms with Gasteiger partial charge in [-0.1, -0.05) is 6.42 Å². The number of aryl methyl sites for hydroxylation is 1. The average Bonchev–Trinajstić information content (AvgIpc) is 2.63. The minimum Gasteiger partial charge on any atom is -0.315 e. The van der Waals surface area contributed by atoms with Crippen LogP contribution in [0.1, 0.15) is 41.5 Å². The van der Waals surface area contributed by atoms with Gasteiger partial charge < -0.3 is 5.32 Å². The first-order valence-electron chi connectivity index (χ1n) is 6.67. The Morgan fingerprint density at radius 2 is 2.29 bits per heavy atom. The zero-order valence-electron chi connectivity index (χ0n) is 11.3. The van der Waals surface area contributed by atoms with Gasteiger partial charge in [0.05, 0.1) is 0 Å². The Morgan fingerprint density at radius 3 is 3.00 bits per heavy atom. The molecule has 0 saturated carbocycles. The number of nitrogens with zero attached hydrogens (tertiary/aromatic N) is 1. The molecule has 1 atom stereocenters. The summed E-state index contributed by atoms with van der Waals surface area (Å²) in [5.74, 6) is 0. The third-order valence-corrected chi connectivity index (χ3v) is 4.83. The Hall–Kier alpha value is -0.380. The first-order chi connectivity index (χ1) is 8.20. The molecule has 0 spiro atoms. The minimum atomic E-state index is 0.760. The fourth-order valence-electron chi connectivity index (χ4n) is 2.62. The second kappa shape index (κ2) is 5.98. The number of piperidine rings is 1. The van der Waals surface area contributed by atoms with Crippen LogP contribution in [0.2, 0.25) is 0 Å². The maximum absolute atomic E-state index is 3.23. The molecule has 1 unspecified atom stereocenters. The van der Waals surface area contributed by atoms with Gasteiger partial charge in [0.25, 0.3) is 0 Å². The molecule has 0 aromatic carbocycles. The summed E-state index contributed by atoms with van der Waals surface area (Å²) < 4.78 is 0. The summed E-state index contributed by atoms with van der Waals surface area (Å²) in [7, 11) is 2.02. The van der Waals surface area contributed by atoms with Crippen molar-refractivity contribution < 1.29 is 0 Å². The van der Waals surface area contributed by atoms with E-state index in [1.165, 1.54) is 41.1 Å². The molecule has 1 fully saturated rings. The van der Waals surface area contributed by atoms with Crippen molar-refractivity contribution >= 4 is 11.3 Å². The van der Waals surface area contributed by atoms with Crippen LogP contribution in [0, 0.1) is 6.92 Å². The van der Waals surface area contributed by atoms with Crippen molar-refractivity contribution in [3.05, 3.63) is 21.4 Å². The van der Waals surface area contributed by atoms with Crippen molar-refractivity contribution in [2.75, 3.05) is 13.6 Å². The van der Waals surface area contributed by atoms with Gasteiger partial charge in [-0.25, -0.2) is 0 Å². The number of nitrogens with one attached hydrogen (secondary N) is 1. The lowest BCUT2D eigenvalue weighted by molar-refractivity contribution is 0.152. The normalized spacial score (nSPS) is 21.9. The summed E-state index contributed by atoms with van der Waals surface area (Å²) in [5.41, 5.74) is 1.54. The Kier molecular flexibility index (Phi) is 4.60. The Balaban J connectivity index is 2.01. The highest BCUT2D eigenvalue weighted by Gasteiger charge is 2.19.